The van der Waals surface area contributed by atoms with Gasteiger partial charge in [0, 0.05) is 26.2 Å². The van der Waals surface area contributed by atoms with Crippen LogP contribution in [0.3, 0.4) is 0 Å². The second-order valence-electron chi connectivity index (χ2n) is 9.54. The van der Waals surface area contributed by atoms with Gasteiger partial charge in [-0.05, 0) is 32.6 Å². The third-order valence-electron chi connectivity index (χ3n) is 7.36. The zero-order valence-corrected chi connectivity index (χ0v) is 20.0. The molecule has 8 heteroatoms. The van der Waals surface area contributed by atoms with E-state index < -0.39 is 35.0 Å². The third kappa shape index (κ3) is 4.35. The highest BCUT2D eigenvalue weighted by molar-refractivity contribution is 5.98. The molecule has 0 saturated carbocycles. The van der Waals surface area contributed by atoms with Crippen LogP contribution in [-0.2, 0) is 23.9 Å². The molecule has 2 unspecified atom stereocenters. The van der Waals surface area contributed by atoms with Crippen molar-refractivity contribution in [2.24, 2.45) is 11.8 Å². The van der Waals surface area contributed by atoms with Crippen molar-refractivity contribution in [3.8, 4) is 0 Å². The number of carbonyl (C=O) groups excluding carboxylic acids is 3. The minimum atomic E-state index is -1.07. The summed E-state index contributed by atoms with van der Waals surface area (Å²) < 4.78 is 11.9. The van der Waals surface area contributed by atoms with Gasteiger partial charge in [-0.15, -0.1) is 6.58 Å². The Morgan fingerprint density at radius 3 is 2.67 bits per heavy atom. The van der Waals surface area contributed by atoms with Crippen LogP contribution >= 0.6 is 0 Å². The van der Waals surface area contributed by atoms with Crippen molar-refractivity contribution in [3.05, 3.63) is 25.3 Å². The topological polar surface area (TPSA) is 96.4 Å². The van der Waals surface area contributed by atoms with Gasteiger partial charge in [-0.1, -0.05) is 38.5 Å². The fraction of sp³-hybridized carbons (Fsp3) is 0.720. The van der Waals surface area contributed by atoms with Crippen molar-refractivity contribution in [2.45, 2.75) is 69.6 Å². The summed E-state index contributed by atoms with van der Waals surface area (Å²) in [6, 6.07) is -0.831. The molecule has 184 valence electrons. The lowest BCUT2D eigenvalue weighted by atomic mass is 9.66. The summed E-state index contributed by atoms with van der Waals surface area (Å²) in [5.41, 5.74) is -1.92. The van der Waals surface area contributed by atoms with Crippen LogP contribution in [0.1, 0.15) is 52.4 Å². The Balaban J connectivity index is 1.98. The molecule has 3 heterocycles. The monoisotopic (exact) mass is 462 g/mol. The van der Waals surface area contributed by atoms with Crippen LogP contribution in [0.25, 0.3) is 0 Å². The van der Waals surface area contributed by atoms with Gasteiger partial charge in [-0.25, -0.2) is 0 Å². The summed E-state index contributed by atoms with van der Waals surface area (Å²) in [6.07, 6.45) is 7.51. The highest BCUT2D eigenvalue weighted by Gasteiger charge is 2.78. The SMILES string of the molecule is C=CCOC(=O)[C@@H]1[C@H]2C(=O)N(CCCO)C(C(=O)N(CC=C)CCCCC)C23CC[C@@]1(C)O3. The standard InChI is InChI=1S/C25H38N2O6/c1-5-8-9-14-26(13-6-2)22(30)20-25-12-11-24(4,33-25)19(23(31)32-17-7-3)18(25)21(29)27(20)15-10-16-28/h6-7,18-20,28H,2-3,5,8-17H2,1,4H3/t18-,19-,20?,24+,25?/m0/s1. The number of hydrogen-bond acceptors (Lipinski definition) is 6. The first-order valence-electron chi connectivity index (χ1n) is 12.1. The van der Waals surface area contributed by atoms with E-state index in [0.717, 1.165) is 19.3 Å². The molecule has 1 spiro atoms. The Kier molecular flexibility index (Phi) is 8.00. The zero-order chi connectivity index (χ0) is 24.2. The Hall–Kier alpha value is -2.19. The van der Waals surface area contributed by atoms with E-state index in [1.54, 1.807) is 11.0 Å². The number of carbonyl (C=O) groups is 3. The predicted molar refractivity (Wildman–Crippen MR) is 123 cm³/mol. The number of unbranched alkanes of at least 4 members (excludes halogenated alkanes) is 2. The van der Waals surface area contributed by atoms with E-state index in [4.69, 9.17) is 9.47 Å². The number of aliphatic hydroxyl groups excluding tert-OH is 1. The number of hydrogen-bond donors (Lipinski definition) is 1. The van der Waals surface area contributed by atoms with E-state index in [2.05, 4.69) is 20.1 Å². The molecule has 3 rings (SSSR count). The molecule has 3 fully saturated rings. The van der Waals surface area contributed by atoms with Gasteiger partial charge in [0.15, 0.2) is 0 Å². The number of aliphatic hydroxyl groups is 1. The molecule has 3 aliphatic heterocycles. The van der Waals surface area contributed by atoms with Crippen LogP contribution in [0.15, 0.2) is 25.3 Å². The molecule has 0 aromatic rings. The molecule has 2 bridgehead atoms. The first-order valence-corrected chi connectivity index (χ1v) is 12.1. The van der Waals surface area contributed by atoms with Crippen LogP contribution in [0, 0.1) is 11.8 Å². The molecule has 2 amide bonds. The molecule has 5 atom stereocenters. The van der Waals surface area contributed by atoms with Crippen molar-refractivity contribution >= 4 is 17.8 Å². The van der Waals surface area contributed by atoms with Gasteiger partial charge >= 0.3 is 5.97 Å². The lowest BCUT2D eigenvalue weighted by molar-refractivity contribution is -0.159. The van der Waals surface area contributed by atoms with Crippen LogP contribution in [0.2, 0.25) is 0 Å². The van der Waals surface area contributed by atoms with E-state index in [1.165, 1.54) is 11.0 Å². The van der Waals surface area contributed by atoms with Crippen molar-refractivity contribution < 1.29 is 29.0 Å². The molecule has 3 aliphatic rings. The van der Waals surface area contributed by atoms with Crippen LogP contribution < -0.4 is 0 Å². The summed E-state index contributed by atoms with van der Waals surface area (Å²) in [4.78, 5) is 44.0. The average molecular weight is 463 g/mol. The van der Waals surface area contributed by atoms with Crippen molar-refractivity contribution in [1.29, 1.82) is 0 Å². The van der Waals surface area contributed by atoms with Crippen molar-refractivity contribution in [1.82, 2.24) is 9.80 Å². The summed E-state index contributed by atoms with van der Waals surface area (Å²) in [7, 11) is 0. The molecule has 1 N–H and O–H groups in total. The second kappa shape index (κ2) is 10.4. The average Bonchev–Trinajstić information content (AvgIpc) is 3.36. The molecule has 33 heavy (non-hydrogen) atoms. The maximum atomic E-state index is 13.9. The highest BCUT2D eigenvalue weighted by atomic mass is 16.6. The van der Waals surface area contributed by atoms with E-state index in [9.17, 15) is 19.5 Å². The normalized spacial score (nSPS) is 32.0. The van der Waals surface area contributed by atoms with E-state index in [-0.39, 0.29) is 31.6 Å². The van der Waals surface area contributed by atoms with Crippen molar-refractivity contribution in [2.75, 3.05) is 32.8 Å². The van der Waals surface area contributed by atoms with Crippen LogP contribution in [0.4, 0.5) is 0 Å². The molecule has 0 radical (unpaired) electrons. The lowest BCUT2D eigenvalue weighted by Gasteiger charge is -2.36. The molecule has 8 nitrogen and oxygen atoms in total. The summed E-state index contributed by atoms with van der Waals surface area (Å²) >= 11 is 0. The smallest absolute Gasteiger partial charge is 0.313 e. The number of rotatable bonds is 13. The van der Waals surface area contributed by atoms with Gasteiger partial charge in [-0.3, -0.25) is 14.4 Å². The van der Waals surface area contributed by atoms with Gasteiger partial charge in [0.1, 0.15) is 24.2 Å². The van der Waals surface area contributed by atoms with Crippen LogP contribution in [0.5, 0.6) is 0 Å². The summed E-state index contributed by atoms with van der Waals surface area (Å²) in [5.74, 6) is -2.48. The van der Waals surface area contributed by atoms with Gasteiger partial charge in [0.25, 0.3) is 0 Å². The molecule has 0 aliphatic carbocycles. The Morgan fingerprint density at radius 2 is 2.03 bits per heavy atom. The van der Waals surface area contributed by atoms with E-state index >= 15 is 0 Å². The molecular weight excluding hydrogens is 424 g/mol. The molecule has 3 saturated heterocycles. The summed E-state index contributed by atoms with van der Waals surface area (Å²) in [5, 5.41) is 9.42. The fourth-order valence-corrected chi connectivity index (χ4v) is 5.95. The maximum absolute atomic E-state index is 13.9. The number of amides is 2. The minimum absolute atomic E-state index is 0.0560. The fourth-order valence-electron chi connectivity index (χ4n) is 5.95. The first-order chi connectivity index (χ1) is 15.8. The minimum Gasteiger partial charge on any atom is -0.461 e. The van der Waals surface area contributed by atoms with Crippen molar-refractivity contribution in [3.63, 3.8) is 0 Å². The Bertz CT molecular complexity index is 785. The number of esters is 1. The zero-order valence-electron chi connectivity index (χ0n) is 20.0. The van der Waals surface area contributed by atoms with E-state index in [0.29, 0.717) is 32.4 Å². The van der Waals surface area contributed by atoms with E-state index in [1.807, 2.05) is 6.92 Å². The second-order valence-corrected chi connectivity index (χ2v) is 9.54. The number of fused-ring (bicyclic) bond motifs is 1. The number of likely N-dealkylation sites (tertiary alicyclic amines) is 1. The van der Waals surface area contributed by atoms with Gasteiger partial charge in [0.05, 0.1) is 11.5 Å². The molecule has 0 aromatic heterocycles. The number of ether oxygens (including phenoxy) is 2. The largest absolute Gasteiger partial charge is 0.461 e. The van der Waals surface area contributed by atoms with Crippen LogP contribution in [-0.4, -0.2) is 82.8 Å². The highest BCUT2D eigenvalue weighted by Crippen LogP contribution is 2.63. The molecular formula is C25H38N2O6. The first kappa shape index (κ1) is 25.4. The molecule has 0 aromatic carbocycles. The Morgan fingerprint density at radius 1 is 1.27 bits per heavy atom. The van der Waals surface area contributed by atoms with Gasteiger partial charge in [-0.2, -0.15) is 0 Å². The van der Waals surface area contributed by atoms with Gasteiger partial charge < -0.3 is 24.4 Å². The summed E-state index contributed by atoms with van der Waals surface area (Å²) in [6.45, 7) is 12.5. The quantitative estimate of drug-likeness (QED) is 0.256. The lowest BCUT2D eigenvalue weighted by Crippen LogP contribution is -2.56. The maximum Gasteiger partial charge on any atom is 0.313 e. The predicted octanol–water partition coefficient (Wildman–Crippen LogP) is 2.07. The van der Waals surface area contributed by atoms with Gasteiger partial charge in [0.2, 0.25) is 11.8 Å². The number of nitrogens with zero attached hydrogens (tertiary/aromatic N) is 2. The Labute approximate surface area is 196 Å². The third-order valence-corrected chi connectivity index (χ3v) is 7.36.